The first-order chi connectivity index (χ1) is 8.27. The van der Waals surface area contributed by atoms with Crippen LogP contribution in [-0.4, -0.2) is 4.98 Å². The Kier molecular flexibility index (Phi) is 4.23. The second-order valence-corrected chi connectivity index (χ2v) is 4.48. The van der Waals surface area contributed by atoms with Gasteiger partial charge < -0.3 is 5.32 Å². The van der Waals surface area contributed by atoms with Gasteiger partial charge in [0.15, 0.2) is 0 Å². The first-order valence-electron chi connectivity index (χ1n) is 5.31. The van der Waals surface area contributed by atoms with E-state index in [0.29, 0.717) is 18.7 Å². The molecule has 0 saturated heterocycles. The van der Waals surface area contributed by atoms with Crippen LogP contribution in [0.1, 0.15) is 11.3 Å². The summed E-state index contributed by atoms with van der Waals surface area (Å²) in [7, 11) is 0. The van der Waals surface area contributed by atoms with Gasteiger partial charge in [0.25, 0.3) is 0 Å². The fourth-order valence-corrected chi connectivity index (χ4v) is 2.00. The highest BCUT2D eigenvalue weighted by atomic mass is 79.9. The molecule has 0 amide bonds. The number of hydrogen-bond acceptors (Lipinski definition) is 2. The molecule has 0 aliphatic rings. The number of hydrogen-bond donors (Lipinski definition) is 1. The Labute approximate surface area is 108 Å². The number of pyridine rings is 1. The molecule has 1 aromatic carbocycles. The molecule has 1 aromatic heterocycles. The molecule has 4 heteroatoms. The summed E-state index contributed by atoms with van der Waals surface area (Å²) < 4.78 is 14.3. The third-order valence-corrected chi connectivity index (χ3v) is 3.14. The van der Waals surface area contributed by atoms with Gasteiger partial charge in [-0.3, -0.25) is 4.98 Å². The van der Waals surface area contributed by atoms with E-state index in [9.17, 15) is 4.39 Å². The van der Waals surface area contributed by atoms with Crippen molar-refractivity contribution in [3.8, 4) is 0 Å². The van der Waals surface area contributed by atoms with Gasteiger partial charge in [-0.2, -0.15) is 0 Å². The molecule has 0 saturated carbocycles. The van der Waals surface area contributed by atoms with Gasteiger partial charge in [-0.1, -0.05) is 28.1 Å². The van der Waals surface area contributed by atoms with Crippen molar-refractivity contribution in [3.63, 3.8) is 0 Å². The molecule has 0 aliphatic heterocycles. The monoisotopic (exact) mass is 294 g/mol. The second-order valence-electron chi connectivity index (χ2n) is 3.62. The van der Waals surface area contributed by atoms with Crippen molar-refractivity contribution in [2.24, 2.45) is 0 Å². The van der Waals surface area contributed by atoms with Crippen molar-refractivity contribution in [2.75, 3.05) is 0 Å². The standard InChI is InChI=1S/C13H12BrFN2/c14-12-5-3-6-13(15)11(12)9-16-8-10-4-1-2-7-17-10/h1-7,16H,8-9H2. The zero-order chi connectivity index (χ0) is 12.1. The average molecular weight is 295 g/mol. The number of benzene rings is 1. The number of rotatable bonds is 4. The molecular formula is C13H12BrFN2. The highest BCUT2D eigenvalue weighted by Crippen LogP contribution is 2.19. The summed E-state index contributed by atoms with van der Waals surface area (Å²) in [5.74, 6) is -0.201. The number of nitrogens with one attached hydrogen (secondary N) is 1. The summed E-state index contributed by atoms with van der Waals surface area (Å²) in [6.45, 7) is 1.10. The summed E-state index contributed by atoms with van der Waals surface area (Å²) in [6.07, 6.45) is 1.75. The van der Waals surface area contributed by atoms with Crippen LogP contribution in [-0.2, 0) is 13.1 Å². The van der Waals surface area contributed by atoms with Gasteiger partial charge in [0.2, 0.25) is 0 Å². The smallest absolute Gasteiger partial charge is 0.128 e. The molecule has 2 rings (SSSR count). The Morgan fingerprint density at radius 3 is 2.71 bits per heavy atom. The highest BCUT2D eigenvalue weighted by molar-refractivity contribution is 9.10. The number of aromatic nitrogens is 1. The van der Waals surface area contributed by atoms with E-state index in [-0.39, 0.29) is 5.82 Å². The Morgan fingerprint density at radius 2 is 2.00 bits per heavy atom. The molecule has 2 nitrogen and oxygen atoms in total. The zero-order valence-corrected chi connectivity index (χ0v) is 10.7. The molecule has 17 heavy (non-hydrogen) atoms. The maximum absolute atomic E-state index is 13.5. The minimum Gasteiger partial charge on any atom is -0.307 e. The molecule has 0 spiro atoms. The Hall–Kier alpha value is -1.26. The van der Waals surface area contributed by atoms with Gasteiger partial charge >= 0.3 is 0 Å². The fraction of sp³-hybridized carbons (Fsp3) is 0.154. The zero-order valence-electron chi connectivity index (χ0n) is 9.16. The van der Waals surface area contributed by atoms with E-state index in [1.807, 2.05) is 24.3 Å². The second kappa shape index (κ2) is 5.89. The van der Waals surface area contributed by atoms with Crippen molar-refractivity contribution in [1.82, 2.24) is 10.3 Å². The molecule has 0 unspecified atom stereocenters. The third-order valence-electron chi connectivity index (χ3n) is 2.40. The van der Waals surface area contributed by atoms with E-state index >= 15 is 0 Å². The molecular weight excluding hydrogens is 283 g/mol. The summed E-state index contributed by atoms with van der Waals surface area (Å²) in [4.78, 5) is 4.19. The van der Waals surface area contributed by atoms with Crippen LogP contribution in [0.2, 0.25) is 0 Å². The van der Waals surface area contributed by atoms with Gasteiger partial charge in [0.05, 0.1) is 5.69 Å². The van der Waals surface area contributed by atoms with Gasteiger partial charge in [0.1, 0.15) is 5.82 Å². The van der Waals surface area contributed by atoms with Crippen LogP contribution in [0.4, 0.5) is 4.39 Å². The lowest BCUT2D eigenvalue weighted by Gasteiger charge is -2.07. The Bertz CT molecular complexity index is 468. The van der Waals surface area contributed by atoms with Crippen LogP contribution in [0.3, 0.4) is 0 Å². The summed E-state index contributed by atoms with van der Waals surface area (Å²) in [5, 5.41) is 3.17. The van der Waals surface area contributed by atoms with Crippen molar-refractivity contribution >= 4 is 15.9 Å². The predicted molar refractivity (Wildman–Crippen MR) is 68.9 cm³/mol. The summed E-state index contributed by atoms with van der Waals surface area (Å²) in [5.41, 5.74) is 1.59. The van der Waals surface area contributed by atoms with Crippen LogP contribution in [0, 0.1) is 5.82 Å². The van der Waals surface area contributed by atoms with Crippen molar-refractivity contribution < 1.29 is 4.39 Å². The molecule has 0 aliphatic carbocycles. The molecule has 1 N–H and O–H groups in total. The molecule has 1 heterocycles. The molecule has 2 aromatic rings. The first-order valence-corrected chi connectivity index (χ1v) is 6.10. The van der Waals surface area contributed by atoms with E-state index in [0.717, 1.165) is 10.2 Å². The molecule has 0 fully saturated rings. The molecule has 0 radical (unpaired) electrons. The maximum atomic E-state index is 13.5. The van der Waals surface area contributed by atoms with Gasteiger partial charge in [0, 0.05) is 29.3 Å². The largest absolute Gasteiger partial charge is 0.307 e. The van der Waals surface area contributed by atoms with Crippen molar-refractivity contribution in [1.29, 1.82) is 0 Å². The van der Waals surface area contributed by atoms with E-state index in [1.165, 1.54) is 6.07 Å². The van der Waals surface area contributed by atoms with Gasteiger partial charge in [-0.15, -0.1) is 0 Å². The quantitative estimate of drug-likeness (QED) is 0.936. The summed E-state index contributed by atoms with van der Waals surface area (Å²) in [6, 6.07) is 10.7. The summed E-state index contributed by atoms with van der Waals surface area (Å²) >= 11 is 3.34. The normalized spacial score (nSPS) is 10.5. The minimum absolute atomic E-state index is 0.201. The van der Waals surface area contributed by atoms with E-state index in [4.69, 9.17) is 0 Å². The Morgan fingerprint density at radius 1 is 1.12 bits per heavy atom. The number of nitrogens with zero attached hydrogens (tertiary/aromatic N) is 1. The molecule has 0 atom stereocenters. The van der Waals surface area contributed by atoms with Crippen LogP contribution >= 0.6 is 15.9 Å². The first kappa shape index (κ1) is 12.2. The third kappa shape index (κ3) is 3.35. The van der Waals surface area contributed by atoms with E-state index in [1.54, 1.807) is 12.3 Å². The topological polar surface area (TPSA) is 24.9 Å². The van der Waals surface area contributed by atoms with Crippen LogP contribution in [0.25, 0.3) is 0 Å². The lowest BCUT2D eigenvalue weighted by atomic mass is 10.2. The SMILES string of the molecule is Fc1cccc(Br)c1CNCc1ccccn1. The fourth-order valence-electron chi connectivity index (χ4n) is 1.52. The maximum Gasteiger partial charge on any atom is 0.128 e. The van der Waals surface area contributed by atoms with Crippen LogP contribution in [0.5, 0.6) is 0 Å². The average Bonchev–Trinajstić information content (AvgIpc) is 2.34. The van der Waals surface area contributed by atoms with Gasteiger partial charge in [-0.25, -0.2) is 4.39 Å². The van der Waals surface area contributed by atoms with E-state index in [2.05, 4.69) is 26.2 Å². The van der Waals surface area contributed by atoms with Crippen molar-refractivity contribution in [2.45, 2.75) is 13.1 Å². The van der Waals surface area contributed by atoms with E-state index < -0.39 is 0 Å². The minimum atomic E-state index is -0.201. The van der Waals surface area contributed by atoms with Crippen molar-refractivity contribution in [3.05, 3.63) is 64.1 Å². The van der Waals surface area contributed by atoms with Crippen LogP contribution in [0.15, 0.2) is 47.1 Å². The van der Waals surface area contributed by atoms with Gasteiger partial charge in [-0.05, 0) is 24.3 Å². The molecule has 88 valence electrons. The number of halogens is 2. The predicted octanol–water partition coefficient (Wildman–Crippen LogP) is 3.27. The highest BCUT2D eigenvalue weighted by Gasteiger charge is 2.05. The Balaban J connectivity index is 1.95. The lowest BCUT2D eigenvalue weighted by molar-refractivity contribution is 0.584. The molecule has 0 bridgehead atoms. The van der Waals surface area contributed by atoms with Crippen LogP contribution < -0.4 is 5.32 Å². The lowest BCUT2D eigenvalue weighted by Crippen LogP contribution is -2.14.